The summed E-state index contributed by atoms with van der Waals surface area (Å²) in [5, 5.41) is 1.07. The summed E-state index contributed by atoms with van der Waals surface area (Å²) in [5.41, 5.74) is 3.63. The standard InChI is InChI=1S/C15H10Cl2N2/c16-12-8-4-7-11(13(12)17)15-14(18-9-19-15)10-5-2-1-3-6-10/h1-9H,(H,18,19). The first kappa shape index (κ1) is 12.3. The summed E-state index contributed by atoms with van der Waals surface area (Å²) in [6.07, 6.45) is 1.66. The minimum atomic E-state index is 0.533. The van der Waals surface area contributed by atoms with Gasteiger partial charge in [0.15, 0.2) is 0 Å². The van der Waals surface area contributed by atoms with Crippen molar-refractivity contribution in [2.45, 2.75) is 0 Å². The van der Waals surface area contributed by atoms with Crippen molar-refractivity contribution in [2.75, 3.05) is 0 Å². The Kier molecular flexibility index (Phi) is 3.28. The van der Waals surface area contributed by atoms with Gasteiger partial charge in [0, 0.05) is 11.1 Å². The van der Waals surface area contributed by atoms with Gasteiger partial charge in [0.1, 0.15) is 0 Å². The number of aromatic amines is 1. The van der Waals surface area contributed by atoms with Crippen LogP contribution in [-0.2, 0) is 0 Å². The number of benzene rings is 2. The van der Waals surface area contributed by atoms with Gasteiger partial charge in [-0.25, -0.2) is 4.98 Å². The maximum Gasteiger partial charge on any atom is 0.0961 e. The van der Waals surface area contributed by atoms with Crippen LogP contribution in [0, 0.1) is 0 Å². The van der Waals surface area contributed by atoms with E-state index in [0.29, 0.717) is 10.0 Å². The molecule has 1 aromatic heterocycles. The fourth-order valence-corrected chi connectivity index (χ4v) is 2.41. The topological polar surface area (TPSA) is 28.7 Å². The van der Waals surface area contributed by atoms with Gasteiger partial charge in [-0.1, -0.05) is 65.7 Å². The van der Waals surface area contributed by atoms with E-state index < -0.39 is 0 Å². The van der Waals surface area contributed by atoms with Crippen molar-refractivity contribution in [1.82, 2.24) is 9.97 Å². The fraction of sp³-hybridized carbons (Fsp3) is 0. The van der Waals surface area contributed by atoms with Gasteiger partial charge in [-0.05, 0) is 6.07 Å². The summed E-state index contributed by atoms with van der Waals surface area (Å²) in [4.78, 5) is 7.51. The predicted octanol–water partition coefficient (Wildman–Crippen LogP) is 5.05. The number of nitrogens with one attached hydrogen (secondary N) is 1. The highest BCUT2D eigenvalue weighted by molar-refractivity contribution is 6.43. The van der Waals surface area contributed by atoms with E-state index in [1.807, 2.05) is 42.5 Å². The molecule has 0 bridgehead atoms. The third-order valence-corrected chi connectivity index (χ3v) is 3.73. The van der Waals surface area contributed by atoms with E-state index in [9.17, 15) is 0 Å². The minimum absolute atomic E-state index is 0.533. The smallest absolute Gasteiger partial charge is 0.0961 e. The molecule has 0 fully saturated rings. The Labute approximate surface area is 121 Å². The minimum Gasteiger partial charge on any atom is -0.344 e. The van der Waals surface area contributed by atoms with E-state index in [2.05, 4.69) is 9.97 Å². The van der Waals surface area contributed by atoms with E-state index in [-0.39, 0.29) is 0 Å². The molecule has 0 saturated carbocycles. The number of halogens is 2. The van der Waals surface area contributed by atoms with E-state index in [0.717, 1.165) is 22.5 Å². The summed E-state index contributed by atoms with van der Waals surface area (Å²) in [6, 6.07) is 15.5. The molecule has 1 N–H and O–H groups in total. The van der Waals surface area contributed by atoms with Gasteiger partial charge in [0.2, 0.25) is 0 Å². The zero-order valence-electron chi connectivity index (χ0n) is 9.90. The third-order valence-electron chi connectivity index (χ3n) is 2.91. The molecule has 94 valence electrons. The van der Waals surface area contributed by atoms with Crippen molar-refractivity contribution >= 4 is 23.2 Å². The van der Waals surface area contributed by atoms with Gasteiger partial charge in [-0.2, -0.15) is 0 Å². The first-order valence-electron chi connectivity index (χ1n) is 5.80. The Hall–Kier alpha value is -1.77. The lowest BCUT2D eigenvalue weighted by molar-refractivity contribution is 1.31. The van der Waals surface area contributed by atoms with Crippen molar-refractivity contribution in [1.29, 1.82) is 0 Å². The van der Waals surface area contributed by atoms with E-state index >= 15 is 0 Å². The molecule has 3 aromatic rings. The van der Waals surface area contributed by atoms with Crippen LogP contribution >= 0.6 is 23.2 Å². The van der Waals surface area contributed by atoms with Gasteiger partial charge in [0.05, 0.1) is 27.8 Å². The Morgan fingerprint density at radius 2 is 1.68 bits per heavy atom. The zero-order chi connectivity index (χ0) is 13.2. The highest BCUT2D eigenvalue weighted by atomic mass is 35.5. The third kappa shape index (κ3) is 2.25. The Bertz CT molecular complexity index is 705. The van der Waals surface area contributed by atoms with Crippen LogP contribution < -0.4 is 0 Å². The van der Waals surface area contributed by atoms with Gasteiger partial charge >= 0.3 is 0 Å². The molecular formula is C15H10Cl2N2. The quantitative estimate of drug-likeness (QED) is 0.702. The molecule has 0 spiro atoms. The highest BCUT2D eigenvalue weighted by Crippen LogP contribution is 2.36. The van der Waals surface area contributed by atoms with Crippen molar-refractivity contribution < 1.29 is 0 Å². The number of hydrogen-bond acceptors (Lipinski definition) is 1. The predicted molar refractivity (Wildman–Crippen MR) is 79.5 cm³/mol. The number of imidazole rings is 1. The molecular weight excluding hydrogens is 279 g/mol. The van der Waals surface area contributed by atoms with Crippen LogP contribution in [0.1, 0.15) is 0 Å². The van der Waals surface area contributed by atoms with Gasteiger partial charge in [0.25, 0.3) is 0 Å². The second kappa shape index (κ2) is 5.08. The van der Waals surface area contributed by atoms with E-state index in [4.69, 9.17) is 23.2 Å². The largest absolute Gasteiger partial charge is 0.344 e. The molecule has 0 saturated heterocycles. The van der Waals surface area contributed by atoms with Gasteiger partial charge in [-0.15, -0.1) is 0 Å². The second-order valence-corrected chi connectivity index (χ2v) is 4.88. The summed E-state index contributed by atoms with van der Waals surface area (Å²) >= 11 is 12.3. The molecule has 0 amide bonds. The molecule has 4 heteroatoms. The zero-order valence-corrected chi connectivity index (χ0v) is 11.4. The number of aromatic nitrogens is 2. The number of hydrogen-bond donors (Lipinski definition) is 1. The van der Waals surface area contributed by atoms with Crippen molar-refractivity contribution in [3.8, 4) is 22.5 Å². The second-order valence-electron chi connectivity index (χ2n) is 4.09. The molecule has 0 atom stereocenters. The van der Waals surface area contributed by atoms with Crippen molar-refractivity contribution in [2.24, 2.45) is 0 Å². The first-order valence-corrected chi connectivity index (χ1v) is 6.56. The van der Waals surface area contributed by atoms with Crippen molar-refractivity contribution in [3.63, 3.8) is 0 Å². The molecule has 19 heavy (non-hydrogen) atoms. The van der Waals surface area contributed by atoms with Crippen LogP contribution in [-0.4, -0.2) is 9.97 Å². The average Bonchev–Trinajstić information content (AvgIpc) is 2.92. The number of H-pyrrole nitrogens is 1. The SMILES string of the molecule is Clc1cccc(-c2[nH]cnc2-c2ccccc2)c1Cl. The van der Waals surface area contributed by atoms with Gasteiger partial charge < -0.3 is 4.98 Å². The summed E-state index contributed by atoms with van der Waals surface area (Å²) in [6.45, 7) is 0. The first-order chi connectivity index (χ1) is 9.27. The van der Waals surface area contributed by atoms with Crippen LogP contribution in [0.3, 0.4) is 0 Å². The molecule has 2 aromatic carbocycles. The molecule has 0 aliphatic heterocycles. The van der Waals surface area contributed by atoms with Crippen LogP contribution in [0.5, 0.6) is 0 Å². The number of nitrogens with zero attached hydrogens (tertiary/aromatic N) is 1. The normalized spacial score (nSPS) is 10.6. The average molecular weight is 289 g/mol. The van der Waals surface area contributed by atoms with E-state index in [1.54, 1.807) is 12.4 Å². The Morgan fingerprint density at radius 1 is 0.895 bits per heavy atom. The molecule has 0 unspecified atom stereocenters. The fourth-order valence-electron chi connectivity index (χ4n) is 2.01. The monoisotopic (exact) mass is 288 g/mol. The van der Waals surface area contributed by atoms with Crippen LogP contribution in [0.25, 0.3) is 22.5 Å². The molecule has 1 heterocycles. The maximum atomic E-state index is 6.26. The lowest BCUT2D eigenvalue weighted by Gasteiger charge is -2.06. The molecule has 3 rings (SSSR count). The summed E-state index contributed by atoms with van der Waals surface area (Å²) < 4.78 is 0. The van der Waals surface area contributed by atoms with E-state index in [1.165, 1.54) is 0 Å². The lowest BCUT2D eigenvalue weighted by Crippen LogP contribution is -1.85. The summed E-state index contributed by atoms with van der Waals surface area (Å²) in [5.74, 6) is 0. The maximum absolute atomic E-state index is 6.26. The molecule has 0 radical (unpaired) electrons. The Morgan fingerprint density at radius 3 is 2.47 bits per heavy atom. The van der Waals surface area contributed by atoms with Gasteiger partial charge in [-0.3, -0.25) is 0 Å². The lowest BCUT2D eigenvalue weighted by atomic mass is 10.1. The van der Waals surface area contributed by atoms with Crippen molar-refractivity contribution in [3.05, 3.63) is 64.9 Å². The highest BCUT2D eigenvalue weighted by Gasteiger charge is 2.14. The molecule has 0 aliphatic carbocycles. The summed E-state index contributed by atoms with van der Waals surface area (Å²) in [7, 11) is 0. The van der Waals surface area contributed by atoms with Crippen LogP contribution in [0.15, 0.2) is 54.9 Å². The Balaban J connectivity index is 2.18. The number of rotatable bonds is 2. The van der Waals surface area contributed by atoms with Crippen LogP contribution in [0.2, 0.25) is 10.0 Å². The molecule has 0 aliphatic rings. The van der Waals surface area contributed by atoms with Crippen LogP contribution in [0.4, 0.5) is 0 Å². The molecule has 2 nitrogen and oxygen atoms in total.